The number of carbonyl (C=O) groups is 1. The number of aromatic nitrogens is 1. The molecule has 2 aromatic rings. The summed E-state index contributed by atoms with van der Waals surface area (Å²) in [6, 6.07) is 3.69. The summed E-state index contributed by atoms with van der Waals surface area (Å²) in [5, 5.41) is 11.2. The molecule has 0 radical (unpaired) electrons. The van der Waals surface area contributed by atoms with E-state index in [1.165, 1.54) is 18.3 Å². The van der Waals surface area contributed by atoms with E-state index in [1.807, 2.05) is 0 Å². The fraction of sp³-hybridized carbons (Fsp3) is 0. The van der Waals surface area contributed by atoms with Gasteiger partial charge < -0.3 is 10.4 Å². The van der Waals surface area contributed by atoms with Crippen molar-refractivity contribution in [2.24, 2.45) is 0 Å². The van der Waals surface area contributed by atoms with Crippen molar-refractivity contribution in [3.8, 4) is 0 Å². The second-order valence-corrected chi connectivity index (χ2v) is 3.58. The molecule has 0 spiro atoms. The number of anilines is 2. The summed E-state index contributed by atoms with van der Waals surface area (Å²) in [7, 11) is 0. The Labute approximate surface area is 105 Å². The highest BCUT2D eigenvalue weighted by atomic mass is 19.2. The first kappa shape index (κ1) is 12.9. The number of carboxylic acids is 1. The van der Waals surface area contributed by atoms with E-state index in [9.17, 15) is 18.0 Å². The van der Waals surface area contributed by atoms with Crippen LogP contribution in [0.5, 0.6) is 0 Å². The Morgan fingerprint density at radius 3 is 2.68 bits per heavy atom. The summed E-state index contributed by atoms with van der Waals surface area (Å²) in [4.78, 5) is 14.6. The summed E-state index contributed by atoms with van der Waals surface area (Å²) < 4.78 is 39.4. The minimum absolute atomic E-state index is 0.209. The van der Waals surface area contributed by atoms with Gasteiger partial charge in [0.1, 0.15) is 17.2 Å². The molecule has 1 heterocycles. The lowest BCUT2D eigenvalue weighted by Crippen LogP contribution is -2.06. The average molecular weight is 268 g/mol. The van der Waals surface area contributed by atoms with E-state index < -0.39 is 29.1 Å². The van der Waals surface area contributed by atoms with Crippen LogP contribution in [0.3, 0.4) is 0 Å². The molecule has 0 fully saturated rings. The van der Waals surface area contributed by atoms with Gasteiger partial charge in [-0.2, -0.15) is 0 Å². The first-order valence-electron chi connectivity index (χ1n) is 5.09. The average Bonchev–Trinajstić information content (AvgIpc) is 2.35. The third-order valence-corrected chi connectivity index (χ3v) is 2.28. The summed E-state index contributed by atoms with van der Waals surface area (Å²) in [5.41, 5.74) is -0.773. The van der Waals surface area contributed by atoms with Gasteiger partial charge in [-0.25, -0.2) is 22.9 Å². The molecule has 4 nitrogen and oxygen atoms in total. The number of carboxylic acid groups (broad SMARTS) is 1. The maximum Gasteiger partial charge on any atom is 0.339 e. The van der Waals surface area contributed by atoms with E-state index in [1.54, 1.807) is 0 Å². The first-order valence-corrected chi connectivity index (χ1v) is 5.09. The quantitative estimate of drug-likeness (QED) is 0.840. The van der Waals surface area contributed by atoms with Crippen molar-refractivity contribution in [3.05, 3.63) is 53.5 Å². The van der Waals surface area contributed by atoms with Crippen molar-refractivity contribution in [1.82, 2.24) is 4.98 Å². The van der Waals surface area contributed by atoms with Crippen LogP contribution >= 0.6 is 0 Å². The second-order valence-electron chi connectivity index (χ2n) is 3.58. The lowest BCUT2D eigenvalue weighted by Gasteiger charge is -2.09. The zero-order chi connectivity index (χ0) is 14.0. The van der Waals surface area contributed by atoms with Crippen LogP contribution < -0.4 is 5.32 Å². The highest BCUT2D eigenvalue weighted by Crippen LogP contribution is 2.24. The maximum atomic E-state index is 13.4. The molecule has 0 aliphatic rings. The Kier molecular flexibility index (Phi) is 3.37. The van der Waals surface area contributed by atoms with Crippen molar-refractivity contribution in [2.45, 2.75) is 0 Å². The van der Waals surface area contributed by atoms with Crippen LogP contribution in [0.4, 0.5) is 24.7 Å². The zero-order valence-corrected chi connectivity index (χ0v) is 9.32. The molecule has 0 unspecified atom stereocenters. The minimum Gasteiger partial charge on any atom is -0.478 e. The van der Waals surface area contributed by atoms with E-state index in [0.717, 1.165) is 0 Å². The molecule has 2 N–H and O–H groups in total. The van der Waals surface area contributed by atoms with E-state index >= 15 is 0 Å². The van der Waals surface area contributed by atoms with Gasteiger partial charge >= 0.3 is 5.97 Å². The fourth-order valence-corrected chi connectivity index (χ4v) is 1.45. The number of aromatic carboxylic acids is 1. The Morgan fingerprint density at radius 2 is 2.00 bits per heavy atom. The molecule has 0 aliphatic heterocycles. The molecule has 98 valence electrons. The molecule has 1 aromatic heterocycles. The second kappa shape index (κ2) is 4.97. The maximum absolute atomic E-state index is 13.4. The molecule has 19 heavy (non-hydrogen) atoms. The van der Waals surface area contributed by atoms with Gasteiger partial charge in [0.15, 0.2) is 11.6 Å². The van der Waals surface area contributed by atoms with Gasteiger partial charge in [-0.3, -0.25) is 0 Å². The minimum atomic E-state index is -1.38. The zero-order valence-electron chi connectivity index (χ0n) is 9.32. The number of nitrogens with one attached hydrogen (secondary N) is 1. The predicted octanol–water partition coefficient (Wildman–Crippen LogP) is 2.94. The third kappa shape index (κ3) is 2.65. The number of hydrogen-bond donors (Lipinski definition) is 2. The number of rotatable bonds is 3. The number of pyridine rings is 1. The topological polar surface area (TPSA) is 62.2 Å². The molecular formula is C12H7F3N2O2. The molecule has 1 aromatic carbocycles. The predicted molar refractivity (Wildman–Crippen MR) is 60.8 cm³/mol. The van der Waals surface area contributed by atoms with E-state index in [-0.39, 0.29) is 11.4 Å². The normalized spacial score (nSPS) is 10.3. The van der Waals surface area contributed by atoms with Gasteiger partial charge in [-0.1, -0.05) is 0 Å². The van der Waals surface area contributed by atoms with Crippen molar-refractivity contribution in [3.63, 3.8) is 0 Å². The van der Waals surface area contributed by atoms with Crippen LogP contribution in [-0.2, 0) is 0 Å². The molecule has 0 saturated carbocycles. The van der Waals surface area contributed by atoms with Crippen molar-refractivity contribution in [2.75, 3.05) is 5.32 Å². The number of halogens is 3. The van der Waals surface area contributed by atoms with Crippen LogP contribution in [0.25, 0.3) is 0 Å². The molecule has 0 amide bonds. The van der Waals surface area contributed by atoms with E-state index in [4.69, 9.17) is 5.11 Å². The van der Waals surface area contributed by atoms with Crippen LogP contribution in [0.2, 0.25) is 0 Å². The molecule has 0 atom stereocenters. The number of nitrogens with zero attached hydrogens (tertiary/aromatic N) is 1. The summed E-state index contributed by atoms with van der Waals surface area (Å²) in [6.07, 6.45) is 1.27. The van der Waals surface area contributed by atoms with Gasteiger partial charge in [-0.05, 0) is 12.1 Å². The monoisotopic (exact) mass is 268 g/mol. The number of hydrogen-bond acceptors (Lipinski definition) is 3. The van der Waals surface area contributed by atoms with E-state index in [2.05, 4.69) is 10.3 Å². The molecule has 0 saturated heterocycles. The Hall–Kier alpha value is -2.57. The van der Waals surface area contributed by atoms with Gasteiger partial charge in [0.2, 0.25) is 0 Å². The molecule has 2 rings (SSSR count). The highest BCUT2D eigenvalue weighted by Gasteiger charge is 2.15. The summed E-state index contributed by atoms with van der Waals surface area (Å²) in [5.74, 6) is -5.19. The van der Waals surface area contributed by atoms with E-state index in [0.29, 0.717) is 12.1 Å². The lowest BCUT2D eigenvalue weighted by atomic mass is 10.2. The third-order valence-electron chi connectivity index (χ3n) is 2.28. The Bertz CT molecular complexity index is 647. The highest BCUT2D eigenvalue weighted by molar-refractivity contribution is 5.93. The smallest absolute Gasteiger partial charge is 0.339 e. The fourth-order valence-electron chi connectivity index (χ4n) is 1.45. The van der Waals surface area contributed by atoms with Gasteiger partial charge in [0.05, 0.1) is 5.69 Å². The van der Waals surface area contributed by atoms with Gasteiger partial charge in [0.25, 0.3) is 0 Å². The standard InChI is InChI=1S/C12H7F3N2O2/c13-6-4-8(14)10(15)9(5-6)17-11-7(12(18)19)2-1-3-16-11/h1-5H,(H,16,17)(H,18,19). The molecular weight excluding hydrogens is 261 g/mol. The van der Waals surface area contributed by atoms with Crippen molar-refractivity contribution < 1.29 is 23.1 Å². The lowest BCUT2D eigenvalue weighted by molar-refractivity contribution is 0.0697. The van der Waals surface area contributed by atoms with Crippen LogP contribution in [0, 0.1) is 17.5 Å². The summed E-state index contributed by atoms with van der Waals surface area (Å²) >= 11 is 0. The Balaban J connectivity index is 2.45. The molecule has 0 aliphatic carbocycles. The van der Waals surface area contributed by atoms with Crippen molar-refractivity contribution >= 4 is 17.5 Å². The largest absolute Gasteiger partial charge is 0.478 e. The first-order chi connectivity index (χ1) is 8.99. The van der Waals surface area contributed by atoms with Crippen LogP contribution in [-0.4, -0.2) is 16.1 Å². The van der Waals surface area contributed by atoms with Crippen LogP contribution in [0.1, 0.15) is 10.4 Å². The Morgan fingerprint density at radius 1 is 1.26 bits per heavy atom. The summed E-state index contributed by atoms with van der Waals surface area (Å²) in [6.45, 7) is 0. The van der Waals surface area contributed by atoms with Gasteiger partial charge in [-0.15, -0.1) is 0 Å². The molecule has 7 heteroatoms. The number of benzene rings is 1. The molecule has 0 bridgehead atoms. The van der Waals surface area contributed by atoms with Gasteiger partial charge in [0, 0.05) is 18.3 Å². The SMILES string of the molecule is O=C(O)c1cccnc1Nc1cc(F)cc(F)c1F. The van der Waals surface area contributed by atoms with Crippen molar-refractivity contribution in [1.29, 1.82) is 0 Å². The van der Waals surface area contributed by atoms with Crippen LogP contribution in [0.15, 0.2) is 30.5 Å².